The normalized spacial score (nSPS) is 29.0. The van der Waals surface area contributed by atoms with Crippen molar-refractivity contribution in [3.63, 3.8) is 0 Å². The molecule has 0 unspecified atom stereocenters. The second-order valence-corrected chi connectivity index (χ2v) is 14.6. The molecule has 4 heterocycles. The van der Waals surface area contributed by atoms with E-state index in [1.807, 2.05) is 12.1 Å². The fraction of sp³-hybridized carbons (Fsp3) is 0.438. The van der Waals surface area contributed by atoms with Gasteiger partial charge < -0.3 is 24.1 Å². The van der Waals surface area contributed by atoms with E-state index in [4.69, 9.17) is 14.2 Å². The lowest BCUT2D eigenvalue weighted by atomic mass is 9.68. The Balaban J connectivity index is 1.10. The molecule has 3 aliphatic heterocycles. The Hall–Kier alpha value is -4.21. The molecule has 2 bridgehead atoms. The zero-order valence-electron chi connectivity index (χ0n) is 25.2. The summed E-state index contributed by atoms with van der Waals surface area (Å²) in [6, 6.07) is 11.1. The average Bonchev–Trinajstić information content (AvgIpc) is 3.82. The van der Waals surface area contributed by atoms with E-state index in [0.717, 1.165) is 33.2 Å². The molecule has 4 fully saturated rings. The topological polar surface area (TPSA) is 161 Å². The molecule has 47 heavy (non-hydrogen) atoms. The van der Waals surface area contributed by atoms with Crippen LogP contribution in [0.25, 0.3) is 0 Å². The van der Waals surface area contributed by atoms with Crippen LogP contribution in [0.2, 0.25) is 0 Å². The molecular formula is C32H30N4O9S2. The van der Waals surface area contributed by atoms with E-state index in [9.17, 15) is 29.3 Å². The number of nitrogens with zero attached hydrogens (tertiary/aromatic N) is 3. The van der Waals surface area contributed by atoms with Gasteiger partial charge in [-0.3, -0.25) is 34.2 Å². The number of non-ortho nitro benzene ring substituents is 1. The summed E-state index contributed by atoms with van der Waals surface area (Å²) in [6.45, 7) is 1.89. The number of carbonyl (C=O) groups excluding carboxylic acids is 3. The van der Waals surface area contributed by atoms with Gasteiger partial charge >= 0.3 is 4.87 Å². The quantitative estimate of drug-likeness (QED) is 0.223. The number of fused-ring (bicyclic) bond motifs is 9. The minimum atomic E-state index is -0.518. The SMILES string of the molecule is COc1cc([C@@H]2c3sc(=O)[nH]c3S[C@@H]3[C@@H]4C[C@@H]([C@@H]5C(=O)N(c6ccc([N+](=O)[O-])cc6)C(=O)[C@@H]45)[C@H]23)ccc1OCC(=O)N1CCOCC1. The fourth-order valence-corrected chi connectivity index (χ4v) is 11.3. The second-order valence-electron chi connectivity index (χ2n) is 12.4. The number of methoxy groups -OCH3 is 1. The average molecular weight is 679 g/mol. The lowest BCUT2D eigenvalue weighted by molar-refractivity contribution is -0.384. The molecule has 3 amide bonds. The van der Waals surface area contributed by atoms with Crippen molar-refractivity contribution in [3.8, 4) is 11.5 Å². The highest BCUT2D eigenvalue weighted by molar-refractivity contribution is 8.00. The molecule has 7 atom stereocenters. The van der Waals surface area contributed by atoms with Gasteiger partial charge in [-0.25, -0.2) is 0 Å². The number of H-pyrrole nitrogens is 1. The third-order valence-electron chi connectivity index (χ3n) is 10.3. The summed E-state index contributed by atoms with van der Waals surface area (Å²) < 4.78 is 17.0. The van der Waals surface area contributed by atoms with Crippen LogP contribution in [0.4, 0.5) is 11.4 Å². The van der Waals surface area contributed by atoms with E-state index in [-0.39, 0.29) is 63.8 Å². The van der Waals surface area contributed by atoms with Crippen molar-refractivity contribution in [1.29, 1.82) is 0 Å². The van der Waals surface area contributed by atoms with Crippen molar-refractivity contribution < 1.29 is 33.5 Å². The maximum Gasteiger partial charge on any atom is 0.305 e. The van der Waals surface area contributed by atoms with Gasteiger partial charge in [-0.1, -0.05) is 17.4 Å². The van der Waals surface area contributed by atoms with Crippen molar-refractivity contribution >= 4 is 52.2 Å². The first-order chi connectivity index (χ1) is 22.7. The van der Waals surface area contributed by atoms with Gasteiger partial charge in [-0.2, -0.15) is 0 Å². The molecule has 3 aromatic rings. The highest BCUT2D eigenvalue weighted by atomic mass is 32.2. The number of amides is 3. The number of nitro benzene ring substituents is 1. The van der Waals surface area contributed by atoms with Gasteiger partial charge in [0.05, 0.1) is 47.8 Å². The van der Waals surface area contributed by atoms with Crippen LogP contribution >= 0.6 is 23.1 Å². The molecule has 1 N–H and O–H groups in total. The van der Waals surface area contributed by atoms with E-state index in [1.54, 1.807) is 22.7 Å². The maximum atomic E-state index is 14.0. The van der Waals surface area contributed by atoms with Gasteiger partial charge in [-0.15, -0.1) is 11.8 Å². The highest BCUT2D eigenvalue weighted by Gasteiger charge is 2.69. The Bertz CT molecular complexity index is 1850. The molecule has 5 aliphatic rings. The molecular weight excluding hydrogens is 649 g/mol. The smallest absolute Gasteiger partial charge is 0.305 e. The number of morpholine rings is 1. The van der Waals surface area contributed by atoms with Crippen LogP contribution in [0.1, 0.15) is 22.8 Å². The number of hydrogen-bond acceptors (Lipinski definition) is 11. The number of carbonyl (C=O) groups is 3. The monoisotopic (exact) mass is 678 g/mol. The molecule has 2 aliphatic carbocycles. The summed E-state index contributed by atoms with van der Waals surface area (Å²) >= 11 is 2.76. The van der Waals surface area contributed by atoms with Crippen molar-refractivity contribution in [2.45, 2.75) is 22.6 Å². The van der Waals surface area contributed by atoms with Crippen molar-refractivity contribution in [3.05, 3.63) is 72.7 Å². The van der Waals surface area contributed by atoms with Crippen LogP contribution in [0.15, 0.2) is 52.3 Å². The summed E-state index contributed by atoms with van der Waals surface area (Å²) in [5.41, 5.74) is 1.12. The molecule has 15 heteroatoms. The lowest BCUT2D eigenvalue weighted by Gasteiger charge is -2.43. The van der Waals surface area contributed by atoms with Crippen LogP contribution in [0.5, 0.6) is 11.5 Å². The standard InChI is InChI=1S/C32H30N4O9S2/c1-43-21-12-15(2-7-20(21)45-14-22(37)34-8-10-44-11-9-34)23-24-18-13-19(27(24)46-29-28(23)47-32(40)33-29)26-25(18)30(38)35(31(26)39)16-3-5-17(6-4-16)36(41)42/h2-7,12,18-19,23-27H,8-11,13-14H2,1H3,(H,33,40)/t18-,19-,23+,24-,25+,26+,27-/m1/s1. The number of thiazole rings is 1. The summed E-state index contributed by atoms with van der Waals surface area (Å²) in [4.78, 5) is 70.5. The van der Waals surface area contributed by atoms with Gasteiger partial charge in [0.15, 0.2) is 18.1 Å². The maximum absolute atomic E-state index is 14.0. The van der Waals surface area contributed by atoms with Gasteiger partial charge in [0.25, 0.3) is 11.6 Å². The predicted octanol–water partition coefficient (Wildman–Crippen LogP) is 3.27. The molecule has 244 valence electrons. The van der Waals surface area contributed by atoms with Gasteiger partial charge in [0.1, 0.15) is 0 Å². The van der Waals surface area contributed by atoms with Crippen LogP contribution in [-0.4, -0.2) is 77.8 Å². The molecule has 1 aromatic heterocycles. The third-order valence-corrected chi connectivity index (χ3v) is 12.9. The van der Waals surface area contributed by atoms with Crippen LogP contribution in [0.3, 0.4) is 0 Å². The van der Waals surface area contributed by atoms with E-state index < -0.39 is 16.8 Å². The number of rotatable bonds is 7. The van der Waals surface area contributed by atoms with Crippen molar-refractivity contribution in [1.82, 2.24) is 9.88 Å². The number of nitrogens with one attached hydrogen (secondary N) is 1. The van der Waals surface area contributed by atoms with E-state index in [0.29, 0.717) is 43.5 Å². The Morgan fingerprint density at radius 1 is 1.04 bits per heavy atom. The zero-order valence-corrected chi connectivity index (χ0v) is 26.8. The predicted molar refractivity (Wildman–Crippen MR) is 170 cm³/mol. The fourth-order valence-electron chi connectivity index (χ4n) is 8.41. The summed E-state index contributed by atoms with van der Waals surface area (Å²) in [5, 5.41) is 12.0. The number of ether oxygens (including phenoxy) is 3. The Labute approximate surface area is 276 Å². The van der Waals surface area contributed by atoms with E-state index >= 15 is 0 Å². The van der Waals surface area contributed by atoms with Gasteiger partial charge in [0, 0.05) is 41.3 Å². The largest absolute Gasteiger partial charge is 0.493 e. The number of aromatic amines is 1. The summed E-state index contributed by atoms with van der Waals surface area (Å²) in [6.07, 6.45) is 0.723. The number of nitro groups is 1. The zero-order chi connectivity index (χ0) is 32.6. The first-order valence-electron chi connectivity index (χ1n) is 15.4. The lowest BCUT2D eigenvalue weighted by Crippen LogP contribution is -2.43. The molecule has 2 saturated carbocycles. The number of thioether (sulfide) groups is 1. The number of aromatic nitrogens is 1. The minimum absolute atomic E-state index is 0.00868. The molecule has 2 saturated heterocycles. The molecule has 0 spiro atoms. The molecule has 2 aromatic carbocycles. The van der Waals surface area contributed by atoms with Gasteiger partial charge in [-0.05, 0) is 54.0 Å². The van der Waals surface area contributed by atoms with E-state index in [1.165, 1.54) is 36.3 Å². The second kappa shape index (κ2) is 11.5. The van der Waals surface area contributed by atoms with Crippen LogP contribution in [-0.2, 0) is 19.1 Å². The summed E-state index contributed by atoms with van der Waals surface area (Å²) in [7, 11) is 1.53. The van der Waals surface area contributed by atoms with Gasteiger partial charge in [0.2, 0.25) is 11.8 Å². The third kappa shape index (κ3) is 4.77. The minimum Gasteiger partial charge on any atom is -0.493 e. The highest BCUT2D eigenvalue weighted by Crippen LogP contribution is 2.68. The molecule has 8 rings (SSSR count). The van der Waals surface area contributed by atoms with E-state index in [2.05, 4.69) is 4.98 Å². The Morgan fingerprint density at radius 2 is 1.77 bits per heavy atom. The van der Waals surface area contributed by atoms with Crippen molar-refractivity contribution in [2.24, 2.45) is 29.6 Å². The first kappa shape index (κ1) is 30.1. The van der Waals surface area contributed by atoms with Crippen molar-refractivity contribution in [2.75, 3.05) is 44.9 Å². The molecule has 13 nitrogen and oxygen atoms in total. The number of imide groups is 1. The first-order valence-corrected chi connectivity index (χ1v) is 17.1. The number of anilines is 1. The number of hydrogen-bond donors (Lipinski definition) is 1. The molecule has 0 radical (unpaired) electrons. The van der Waals surface area contributed by atoms with Crippen LogP contribution in [0, 0.1) is 39.7 Å². The Kier molecular flexibility index (Phi) is 7.37. The van der Waals surface area contributed by atoms with Crippen LogP contribution < -0.4 is 19.2 Å². The Morgan fingerprint density at radius 3 is 2.47 bits per heavy atom. The summed E-state index contributed by atoms with van der Waals surface area (Å²) in [5.74, 6) is -1.25. The number of benzene rings is 2.